The number of aryl methyl sites for hydroxylation is 1. The first-order valence-corrected chi connectivity index (χ1v) is 12.2. The lowest BCUT2D eigenvalue weighted by Gasteiger charge is -2.42. The molecule has 3 aromatic rings. The standard InChI is InChI=1S/C22H25Cl2N5O2S/c1-12-10-16(28-8-6-22(7-9-28)11-31-13(2)19(22)25)29-20(26-21(30)27-29)18(12)32-15-5-3-4-14(23)17(15)24/h3-5,10,13,19H,6-9,11,25H2,1-2H3,(H,27,30). The molecule has 0 saturated carbocycles. The number of hydrogen-bond donors (Lipinski definition) is 2. The molecule has 4 heterocycles. The Hall–Kier alpha value is -1.71. The number of nitrogens with one attached hydrogen (secondary N) is 1. The zero-order chi connectivity index (χ0) is 22.6. The predicted molar refractivity (Wildman–Crippen MR) is 128 cm³/mol. The van der Waals surface area contributed by atoms with Gasteiger partial charge >= 0.3 is 5.69 Å². The van der Waals surface area contributed by atoms with Crippen LogP contribution in [-0.2, 0) is 4.74 Å². The highest BCUT2D eigenvalue weighted by atomic mass is 35.5. The Labute approximate surface area is 200 Å². The molecule has 32 heavy (non-hydrogen) atoms. The largest absolute Gasteiger partial charge is 0.376 e. The molecule has 2 fully saturated rings. The summed E-state index contributed by atoms with van der Waals surface area (Å²) < 4.78 is 7.63. The molecule has 0 aliphatic carbocycles. The van der Waals surface area contributed by atoms with Gasteiger partial charge < -0.3 is 15.4 Å². The van der Waals surface area contributed by atoms with Gasteiger partial charge in [0.2, 0.25) is 0 Å². The molecule has 2 unspecified atom stereocenters. The first kappa shape index (κ1) is 22.1. The van der Waals surface area contributed by atoms with Gasteiger partial charge in [-0.3, -0.25) is 0 Å². The quantitative estimate of drug-likeness (QED) is 0.570. The number of nitrogens with zero attached hydrogens (tertiary/aromatic N) is 3. The van der Waals surface area contributed by atoms with Crippen LogP contribution in [-0.4, -0.2) is 46.4 Å². The maximum Gasteiger partial charge on any atom is 0.362 e. The Bertz CT molecular complexity index is 1240. The van der Waals surface area contributed by atoms with Gasteiger partial charge in [0, 0.05) is 29.4 Å². The summed E-state index contributed by atoms with van der Waals surface area (Å²) in [5, 5.41) is 3.85. The van der Waals surface area contributed by atoms with Crippen LogP contribution in [0.3, 0.4) is 0 Å². The van der Waals surface area contributed by atoms with Crippen molar-refractivity contribution in [3.8, 4) is 0 Å². The van der Waals surface area contributed by atoms with Crippen LogP contribution in [0.15, 0.2) is 38.9 Å². The van der Waals surface area contributed by atoms with E-state index in [1.165, 1.54) is 11.8 Å². The van der Waals surface area contributed by atoms with Crippen molar-refractivity contribution in [2.75, 3.05) is 24.6 Å². The minimum atomic E-state index is -0.385. The second-order valence-corrected chi connectivity index (χ2v) is 10.6. The predicted octanol–water partition coefficient (Wildman–Crippen LogP) is 4.12. The minimum absolute atomic E-state index is 0.0333. The number of halogens is 2. The van der Waals surface area contributed by atoms with Gasteiger partial charge in [-0.15, -0.1) is 0 Å². The Balaban J connectivity index is 1.49. The molecule has 1 spiro atoms. The molecule has 10 heteroatoms. The van der Waals surface area contributed by atoms with Gasteiger partial charge in [0.25, 0.3) is 0 Å². The molecule has 2 atom stereocenters. The van der Waals surface area contributed by atoms with E-state index in [1.54, 1.807) is 10.6 Å². The van der Waals surface area contributed by atoms with Crippen molar-refractivity contribution in [3.63, 3.8) is 0 Å². The average Bonchev–Trinajstić information content (AvgIpc) is 3.29. The topological polar surface area (TPSA) is 88.7 Å². The van der Waals surface area contributed by atoms with E-state index in [0.29, 0.717) is 15.7 Å². The van der Waals surface area contributed by atoms with E-state index in [1.807, 2.05) is 19.1 Å². The first-order valence-electron chi connectivity index (χ1n) is 10.7. The van der Waals surface area contributed by atoms with Gasteiger partial charge in [0.05, 0.1) is 27.7 Å². The lowest BCUT2D eigenvalue weighted by atomic mass is 9.73. The lowest BCUT2D eigenvalue weighted by Crippen LogP contribution is -2.51. The van der Waals surface area contributed by atoms with Crippen LogP contribution in [0.4, 0.5) is 5.82 Å². The minimum Gasteiger partial charge on any atom is -0.376 e. The highest BCUT2D eigenvalue weighted by Gasteiger charge is 2.47. The highest BCUT2D eigenvalue weighted by molar-refractivity contribution is 7.99. The van der Waals surface area contributed by atoms with Crippen LogP contribution < -0.4 is 16.3 Å². The second-order valence-electron chi connectivity index (χ2n) is 8.75. The van der Waals surface area contributed by atoms with E-state index in [-0.39, 0.29) is 23.3 Å². The molecule has 0 bridgehead atoms. The molecule has 3 N–H and O–H groups in total. The monoisotopic (exact) mass is 493 g/mol. The SMILES string of the molecule is Cc1cc(N2CCC3(CC2)COC(C)C3N)n2[nH]c(=O)nc2c1Sc1cccc(Cl)c1Cl. The third kappa shape index (κ3) is 3.62. The summed E-state index contributed by atoms with van der Waals surface area (Å²) in [6.45, 7) is 6.47. The van der Waals surface area contributed by atoms with Crippen molar-refractivity contribution in [1.82, 2.24) is 14.6 Å². The molecule has 5 rings (SSSR count). The number of H-pyrrole nitrogens is 1. The first-order chi connectivity index (χ1) is 15.3. The molecular weight excluding hydrogens is 469 g/mol. The van der Waals surface area contributed by atoms with Crippen molar-refractivity contribution < 1.29 is 4.74 Å². The van der Waals surface area contributed by atoms with Crippen molar-refractivity contribution >= 4 is 46.4 Å². The van der Waals surface area contributed by atoms with Crippen molar-refractivity contribution in [3.05, 3.63) is 50.4 Å². The number of hydrogen-bond acceptors (Lipinski definition) is 6. The van der Waals surface area contributed by atoms with E-state index in [0.717, 1.165) is 53.7 Å². The third-order valence-electron chi connectivity index (χ3n) is 6.82. The van der Waals surface area contributed by atoms with Crippen LogP contribution in [0.25, 0.3) is 5.65 Å². The number of rotatable bonds is 3. The lowest BCUT2D eigenvalue weighted by molar-refractivity contribution is 0.0974. The van der Waals surface area contributed by atoms with Crippen molar-refractivity contribution in [1.29, 1.82) is 0 Å². The fourth-order valence-corrected chi connectivity index (χ4v) is 6.31. The fraction of sp³-hybridized carbons (Fsp3) is 0.455. The number of nitrogens with two attached hydrogens (primary N) is 1. The summed E-state index contributed by atoms with van der Waals surface area (Å²) in [5.41, 5.74) is 7.73. The summed E-state index contributed by atoms with van der Waals surface area (Å²) in [4.78, 5) is 20.5. The van der Waals surface area contributed by atoms with Crippen LogP contribution in [0.2, 0.25) is 10.0 Å². The van der Waals surface area contributed by atoms with Gasteiger partial charge in [-0.05, 0) is 50.5 Å². The number of pyridine rings is 1. The maximum atomic E-state index is 12.2. The molecule has 0 radical (unpaired) electrons. The number of anilines is 1. The maximum absolute atomic E-state index is 12.2. The molecule has 0 amide bonds. The molecule has 2 aliphatic heterocycles. The Kier molecular flexibility index (Phi) is 5.70. The molecule has 2 saturated heterocycles. The number of ether oxygens (including phenoxy) is 1. The van der Waals surface area contributed by atoms with Gasteiger partial charge in [0.15, 0.2) is 5.65 Å². The zero-order valence-electron chi connectivity index (χ0n) is 17.9. The summed E-state index contributed by atoms with van der Waals surface area (Å²) in [5.74, 6) is 0.920. The van der Waals surface area contributed by atoms with Crippen molar-refractivity contribution in [2.24, 2.45) is 11.1 Å². The average molecular weight is 494 g/mol. The molecule has 2 aliphatic rings. The van der Waals surface area contributed by atoms with Crippen LogP contribution in [0.1, 0.15) is 25.3 Å². The summed E-state index contributed by atoms with van der Waals surface area (Å²) in [6, 6.07) is 7.67. The van der Waals surface area contributed by atoms with Crippen molar-refractivity contribution in [2.45, 2.75) is 48.6 Å². The van der Waals surface area contributed by atoms with Crippen LogP contribution >= 0.6 is 35.0 Å². The van der Waals surface area contributed by atoms with Gasteiger partial charge in [-0.1, -0.05) is 41.0 Å². The van der Waals surface area contributed by atoms with E-state index < -0.39 is 0 Å². The van der Waals surface area contributed by atoms with Gasteiger partial charge in [-0.2, -0.15) is 4.98 Å². The molecule has 7 nitrogen and oxygen atoms in total. The van der Waals surface area contributed by atoms with Crippen LogP contribution in [0, 0.1) is 12.3 Å². The molecule has 1 aromatic carbocycles. The molecule has 170 valence electrons. The smallest absolute Gasteiger partial charge is 0.362 e. The van der Waals surface area contributed by atoms with Crippen LogP contribution in [0.5, 0.6) is 0 Å². The third-order valence-corrected chi connectivity index (χ3v) is 9.02. The number of fused-ring (bicyclic) bond motifs is 1. The zero-order valence-corrected chi connectivity index (χ0v) is 20.2. The highest BCUT2D eigenvalue weighted by Crippen LogP contribution is 2.43. The normalized spacial score (nSPS) is 22.8. The van der Waals surface area contributed by atoms with E-state index in [4.69, 9.17) is 33.7 Å². The van der Waals surface area contributed by atoms with Gasteiger partial charge in [-0.25, -0.2) is 14.4 Å². The summed E-state index contributed by atoms with van der Waals surface area (Å²) in [7, 11) is 0. The number of aromatic amines is 1. The Morgan fingerprint density at radius 1 is 1.31 bits per heavy atom. The fourth-order valence-electron chi connectivity index (χ4n) is 4.82. The number of benzene rings is 1. The van der Waals surface area contributed by atoms with E-state index >= 15 is 0 Å². The molecule has 2 aromatic heterocycles. The Morgan fingerprint density at radius 2 is 2.06 bits per heavy atom. The summed E-state index contributed by atoms with van der Waals surface area (Å²) in [6.07, 6.45) is 1.99. The number of piperidine rings is 1. The van der Waals surface area contributed by atoms with E-state index in [2.05, 4.69) is 28.0 Å². The summed E-state index contributed by atoms with van der Waals surface area (Å²) >= 11 is 14.1. The Morgan fingerprint density at radius 3 is 2.75 bits per heavy atom. The van der Waals surface area contributed by atoms with Gasteiger partial charge in [0.1, 0.15) is 5.82 Å². The molecular formula is C22H25Cl2N5O2S. The second kappa shape index (κ2) is 8.25. The number of aromatic nitrogens is 3. The van der Waals surface area contributed by atoms with E-state index in [9.17, 15) is 4.79 Å².